The van der Waals surface area contributed by atoms with Crippen molar-refractivity contribution in [3.05, 3.63) is 52.9 Å². The SMILES string of the molecule is O=C(O)/C=C1\c2ccccc2-c2sccc21. The standard InChI is InChI=1S/C13H8O2S/c14-12(15)7-11-8-3-1-2-4-9(8)13-10(11)5-6-16-13/h1-7H,(H,14,15)/b11-7+. The molecule has 0 radical (unpaired) electrons. The van der Waals surface area contributed by atoms with Crippen LogP contribution in [0.15, 0.2) is 41.8 Å². The third-order valence-corrected chi connectivity index (χ3v) is 3.63. The first-order valence-corrected chi connectivity index (χ1v) is 5.77. The van der Waals surface area contributed by atoms with E-state index in [-0.39, 0.29) is 0 Å². The van der Waals surface area contributed by atoms with Crippen molar-refractivity contribution < 1.29 is 9.90 Å². The fourth-order valence-corrected chi connectivity index (χ4v) is 3.02. The second-order valence-corrected chi connectivity index (χ2v) is 4.52. The van der Waals surface area contributed by atoms with E-state index in [9.17, 15) is 4.79 Å². The molecule has 78 valence electrons. The molecule has 0 unspecified atom stereocenters. The minimum absolute atomic E-state index is 0.819. The summed E-state index contributed by atoms with van der Waals surface area (Å²) in [7, 11) is 0. The summed E-state index contributed by atoms with van der Waals surface area (Å²) in [5.41, 5.74) is 4.01. The number of carboxylic acids is 1. The Morgan fingerprint density at radius 2 is 1.88 bits per heavy atom. The van der Waals surface area contributed by atoms with Crippen molar-refractivity contribution in [1.82, 2.24) is 0 Å². The quantitative estimate of drug-likeness (QED) is 0.649. The smallest absolute Gasteiger partial charge is 0.328 e. The van der Waals surface area contributed by atoms with Gasteiger partial charge < -0.3 is 5.11 Å². The second-order valence-electron chi connectivity index (χ2n) is 3.61. The lowest BCUT2D eigenvalue weighted by Gasteiger charge is -1.99. The van der Waals surface area contributed by atoms with E-state index in [4.69, 9.17) is 5.11 Å². The van der Waals surface area contributed by atoms with Crippen LogP contribution in [0, 0.1) is 0 Å². The number of hydrogen-bond donors (Lipinski definition) is 1. The summed E-state index contributed by atoms with van der Waals surface area (Å²) < 4.78 is 0. The lowest BCUT2D eigenvalue weighted by Crippen LogP contribution is -1.90. The van der Waals surface area contributed by atoms with Crippen LogP contribution in [-0.2, 0) is 4.79 Å². The Hall–Kier alpha value is -1.87. The van der Waals surface area contributed by atoms with Gasteiger partial charge in [0.05, 0.1) is 0 Å². The van der Waals surface area contributed by atoms with Gasteiger partial charge in [-0.2, -0.15) is 0 Å². The largest absolute Gasteiger partial charge is 0.478 e. The molecule has 1 aromatic heterocycles. The van der Waals surface area contributed by atoms with Crippen LogP contribution in [0.4, 0.5) is 0 Å². The first-order chi connectivity index (χ1) is 7.77. The molecule has 16 heavy (non-hydrogen) atoms. The fraction of sp³-hybridized carbons (Fsp3) is 0. The number of thiophene rings is 1. The van der Waals surface area contributed by atoms with Crippen LogP contribution in [0.2, 0.25) is 0 Å². The monoisotopic (exact) mass is 228 g/mol. The van der Waals surface area contributed by atoms with Crippen molar-refractivity contribution in [2.45, 2.75) is 0 Å². The van der Waals surface area contributed by atoms with Gasteiger partial charge in [-0.1, -0.05) is 24.3 Å². The summed E-state index contributed by atoms with van der Waals surface area (Å²) in [6, 6.07) is 9.90. The Balaban J connectivity index is 2.33. The highest BCUT2D eigenvalue weighted by molar-refractivity contribution is 7.14. The summed E-state index contributed by atoms with van der Waals surface area (Å²) in [6.45, 7) is 0. The lowest BCUT2D eigenvalue weighted by atomic mass is 10.0. The predicted molar refractivity (Wildman–Crippen MR) is 64.5 cm³/mol. The number of aliphatic carboxylic acids is 1. The molecule has 1 aliphatic carbocycles. The highest BCUT2D eigenvalue weighted by Crippen LogP contribution is 2.46. The lowest BCUT2D eigenvalue weighted by molar-refractivity contribution is -0.131. The van der Waals surface area contributed by atoms with Crippen LogP contribution in [0.5, 0.6) is 0 Å². The maximum Gasteiger partial charge on any atom is 0.328 e. The summed E-state index contributed by atoms with van der Waals surface area (Å²) >= 11 is 1.65. The minimum atomic E-state index is -0.899. The molecule has 3 heteroatoms. The third kappa shape index (κ3) is 1.22. The number of benzene rings is 1. The Kier molecular flexibility index (Phi) is 1.94. The van der Waals surface area contributed by atoms with Crippen LogP contribution >= 0.6 is 11.3 Å². The van der Waals surface area contributed by atoms with Crippen molar-refractivity contribution in [3.63, 3.8) is 0 Å². The molecule has 0 spiro atoms. The average molecular weight is 228 g/mol. The minimum Gasteiger partial charge on any atom is -0.478 e. The van der Waals surface area contributed by atoms with Gasteiger partial charge in [0, 0.05) is 22.1 Å². The molecular weight excluding hydrogens is 220 g/mol. The second kappa shape index (κ2) is 3.32. The van der Waals surface area contributed by atoms with E-state index in [0.29, 0.717) is 0 Å². The molecule has 1 N–H and O–H groups in total. The van der Waals surface area contributed by atoms with Crippen molar-refractivity contribution in [3.8, 4) is 10.4 Å². The highest BCUT2D eigenvalue weighted by Gasteiger charge is 2.24. The van der Waals surface area contributed by atoms with Gasteiger partial charge >= 0.3 is 5.97 Å². The highest BCUT2D eigenvalue weighted by atomic mass is 32.1. The molecule has 1 aliphatic rings. The molecule has 0 atom stereocenters. The fourth-order valence-electron chi connectivity index (χ4n) is 2.07. The topological polar surface area (TPSA) is 37.3 Å². The van der Waals surface area contributed by atoms with E-state index in [1.807, 2.05) is 35.7 Å². The van der Waals surface area contributed by atoms with Crippen LogP contribution < -0.4 is 0 Å². The average Bonchev–Trinajstić information content (AvgIpc) is 2.82. The van der Waals surface area contributed by atoms with E-state index in [1.54, 1.807) is 11.3 Å². The molecule has 0 amide bonds. The van der Waals surface area contributed by atoms with E-state index < -0.39 is 5.97 Å². The van der Waals surface area contributed by atoms with Gasteiger partial charge in [-0.25, -0.2) is 4.79 Å². The molecule has 0 saturated heterocycles. The summed E-state index contributed by atoms with van der Waals surface area (Å²) in [5, 5.41) is 10.9. The normalized spacial score (nSPS) is 14.9. The van der Waals surface area contributed by atoms with Gasteiger partial charge in [0.1, 0.15) is 0 Å². The predicted octanol–water partition coefficient (Wildman–Crippen LogP) is 3.24. The zero-order valence-electron chi connectivity index (χ0n) is 8.31. The molecule has 0 aliphatic heterocycles. The zero-order chi connectivity index (χ0) is 11.1. The van der Waals surface area contributed by atoms with E-state index >= 15 is 0 Å². The Morgan fingerprint density at radius 3 is 2.62 bits per heavy atom. The van der Waals surface area contributed by atoms with Gasteiger partial charge in [-0.15, -0.1) is 11.3 Å². The first kappa shape index (κ1) is 9.36. The van der Waals surface area contributed by atoms with Crippen molar-refractivity contribution in [2.24, 2.45) is 0 Å². The van der Waals surface area contributed by atoms with Gasteiger partial charge in [0.15, 0.2) is 0 Å². The van der Waals surface area contributed by atoms with Crippen LogP contribution in [0.25, 0.3) is 16.0 Å². The van der Waals surface area contributed by atoms with Gasteiger partial charge in [-0.05, 0) is 22.6 Å². The molecule has 0 bridgehead atoms. The number of rotatable bonds is 1. The van der Waals surface area contributed by atoms with Crippen molar-refractivity contribution in [1.29, 1.82) is 0 Å². The van der Waals surface area contributed by atoms with Gasteiger partial charge in [0.25, 0.3) is 0 Å². The molecule has 0 saturated carbocycles. The zero-order valence-corrected chi connectivity index (χ0v) is 9.12. The van der Waals surface area contributed by atoms with Crippen LogP contribution in [0.1, 0.15) is 11.1 Å². The Bertz CT molecular complexity index is 608. The molecule has 0 fully saturated rings. The number of carboxylic acid groups (broad SMARTS) is 1. The Labute approximate surface area is 96.5 Å². The molecular formula is C13H8O2S. The Morgan fingerprint density at radius 1 is 1.12 bits per heavy atom. The first-order valence-electron chi connectivity index (χ1n) is 4.89. The van der Waals surface area contributed by atoms with Crippen molar-refractivity contribution in [2.75, 3.05) is 0 Å². The van der Waals surface area contributed by atoms with Gasteiger partial charge in [0.2, 0.25) is 0 Å². The van der Waals surface area contributed by atoms with E-state index in [0.717, 1.165) is 22.3 Å². The van der Waals surface area contributed by atoms with Gasteiger partial charge in [-0.3, -0.25) is 0 Å². The maximum absolute atomic E-state index is 10.8. The summed E-state index contributed by atoms with van der Waals surface area (Å²) in [5.74, 6) is -0.899. The van der Waals surface area contributed by atoms with Crippen LogP contribution in [0.3, 0.4) is 0 Å². The molecule has 3 rings (SSSR count). The number of hydrogen-bond acceptors (Lipinski definition) is 2. The molecule has 1 aromatic carbocycles. The summed E-state index contributed by atoms with van der Waals surface area (Å²) in [4.78, 5) is 12.0. The molecule has 1 heterocycles. The van der Waals surface area contributed by atoms with Crippen LogP contribution in [-0.4, -0.2) is 11.1 Å². The van der Waals surface area contributed by atoms with Crippen molar-refractivity contribution >= 4 is 22.9 Å². The number of fused-ring (bicyclic) bond motifs is 3. The number of carbonyl (C=O) groups is 1. The summed E-state index contributed by atoms with van der Waals surface area (Å²) in [6.07, 6.45) is 1.29. The molecule has 2 aromatic rings. The maximum atomic E-state index is 10.8. The third-order valence-electron chi connectivity index (χ3n) is 2.69. The van der Waals surface area contributed by atoms with E-state index in [1.165, 1.54) is 11.0 Å². The van der Waals surface area contributed by atoms with E-state index in [2.05, 4.69) is 0 Å². The molecule has 2 nitrogen and oxygen atoms in total.